The molecule has 2 aromatic heterocycles. The normalized spacial score (nSPS) is 27.5. The quantitative estimate of drug-likeness (QED) is 0.865. The molecule has 3 atom stereocenters. The highest BCUT2D eigenvalue weighted by Gasteiger charge is 2.61. The van der Waals surface area contributed by atoms with Crippen molar-refractivity contribution < 1.29 is 14.4 Å². The van der Waals surface area contributed by atoms with Crippen molar-refractivity contribution in [3.8, 4) is 0 Å². The van der Waals surface area contributed by atoms with Gasteiger partial charge < -0.3 is 14.9 Å². The number of nitrogens with one attached hydrogen (secondary N) is 1. The second-order valence-corrected chi connectivity index (χ2v) is 6.97. The van der Waals surface area contributed by atoms with Gasteiger partial charge in [-0.25, -0.2) is 0 Å². The number of piperazine rings is 1. The van der Waals surface area contributed by atoms with E-state index in [0.29, 0.717) is 6.42 Å². The van der Waals surface area contributed by atoms with Crippen LogP contribution in [0.4, 0.5) is 0 Å². The van der Waals surface area contributed by atoms with Gasteiger partial charge in [0.15, 0.2) is 0 Å². The molecule has 7 heteroatoms. The monoisotopic (exact) mass is 333 g/mol. The number of rotatable bonds is 5. The Morgan fingerprint density at radius 2 is 2.26 bits per heavy atom. The zero-order valence-corrected chi connectivity index (χ0v) is 13.5. The zero-order chi connectivity index (χ0) is 15.9. The van der Waals surface area contributed by atoms with Gasteiger partial charge in [-0.2, -0.15) is 11.3 Å². The molecule has 0 spiro atoms. The number of hydrogen-bond donors (Lipinski definition) is 2. The number of thiophene rings is 1. The van der Waals surface area contributed by atoms with Crippen LogP contribution in [0.25, 0.3) is 0 Å². The minimum absolute atomic E-state index is 0.0257. The van der Waals surface area contributed by atoms with E-state index >= 15 is 0 Å². The number of aliphatic carboxylic acids is 1. The van der Waals surface area contributed by atoms with E-state index in [4.69, 9.17) is 4.52 Å². The summed E-state index contributed by atoms with van der Waals surface area (Å²) in [6, 6.07) is 3.98. The first kappa shape index (κ1) is 14.9. The van der Waals surface area contributed by atoms with Crippen LogP contribution < -0.4 is 5.32 Å². The molecule has 6 nitrogen and oxygen atoms in total. The average Bonchev–Trinajstić information content (AvgIpc) is 2.97. The maximum atomic E-state index is 11.6. The molecule has 0 bridgehead atoms. The Kier molecular flexibility index (Phi) is 3.71. The van der Waals surface area contributed by atoms with Crippen LogP contribution >= 0.6 is 11.3 Å². The van der Waals surface area contributed by atoms with Crippen LogP contribution in [-0.4, -0.2) is 47.3 Å². The summed E-state index contributed by atoms with van der Waals surface area (Å²) in [6.07, 6.45) is 2.26. The van der Waals surface area contributed by atoms with E-state index in [1.54, 1.807) is 17.6 Å². The van der Waals surface area contributed by atoms with Crippen molar-refractivity contribution in [1.29, 1.82) is 0 Å². The van der Waals surface area contributed by atoms with E-state index in [1.165, 1.54) is 0 Å². The lowest BCUT2D eigenvalue weighted by atomic mass is 9.80. The molecule has 1 aliphatic carbocycles. The first-order chi connectivity index (χ1) is 11.2. The van der Waals surface area contributed by atoms with Crippen molar-refractivity contribution in [2.24, 2.45) is 11.8 Å². The third-order valence-corrected chi connectivity index (χ3v) is 5.73. The van der Waals surface area contributed by atoms with Gasteiger partial charge in [0.1, 0.15) is 12.0 Å². The molecule has 0 radical (unpaired) electrons. The number of nitrogens with zero attached hydrogens (tertiary/aromatic N) is 2. The van der Waals surface area contributed by atoms with Crippen molar-refractivity contribution in [2.45, 2.75) is 12.0 Å². The first-order valence-electron chi connectivity index (χ1n) is 7.86. The molecule has 3 heterocycles. The van der Waals surface area contributed by atoms with Gasteiger partial charge in [0, 0.05) is 38.2 Å². The fourth-order valence-electron chi connectivity index (χ4n) is 3.97. The molecule has 2 aliphatic rings. The van der Waals surface area contributed by atoms with Crippen LogP contribution in [0.5, 0.6) is 0 Å². The van der Waals surface area contributed by atoms with Crippen molar-refractivity contribution in [3.63, 3.8) is 0 Å². The lowest BCUT2D eigenvalue weighted by Gasteiger charge is -2.45. The van der Waals surface area contributed by atoms with E-state index in [2.05, 4.69) is 26.8 Å². The Morgan fingerprint density at radius 3 is 2.83 bits per heavy atom. The summed E-state index contributed by atoms with van der Waals surface area (Å²) in [5, 5.41) is 21.3. The zero-order valence-electron chi connectivity index (χ0n) is 12.6. The summed E-state index contributed by atoms with van der Waals surface area (Å²) in [5.74, 6) is -1.01. The highest BCUT2D eigenvalue weighted by atomic mass is 32.1. The Labute approximate surface area is 138 Å². The molecule has 4 rings (SSSR count). The molecular formula is C16H19N3O3S. The SMILES string of the molecule is O=C(O)C1C[C@H]1C(c1ccsc1)(c1ccon1)N1CCNCC1. The highest BCUT2D eigenvalue weighted by molar-refractivity contribution is 7.08. The number of hydrogen-bond acceptors (Lipinski definition) is 6. The van der Waals surface area contributed by atoms with Crippen molar-refractivity contribution in [3.05, 3.63) is 40.4 Å². The minimum atomic E-state index is -0.715. The van der Waals surface area contributed by atoms with Gasteiger partial charge >= 0.3 is 5.97 Å². The largest absolute Gasteiger partial charge is 0.481 e. The van der Waals surface area contributed by atoms with E-state index < -0.39 is 11.5 Å². The molecule has 2 unspecified atom stereocenters. The number of carboxylic acid groups (broad SMARTS) is 1. The number of carboxylic acids is 1. The topological polar surface area (TPSA) is 78.6 Å². The molecule has 1 saturated heterocycles. The first-order valence-corrected chi connectivity index (χ1v) is 8.81. The summed E-state index contributed by atoms with van der Waals surface area (Å²) in [5.41, 5.74) is 1.46. The van der Waals surface area contributed by atoms with Crippen LogP contribution in [0, 0.1) is 11.8 Å². The molecular weight excluding hydrogens is 314 g/mol. The number of aromatic nitrogens is 1. The van der Waals surface area contributed by atoms with E-state index in [-0.39, 0.29) is 11.8 Å². The Morgan fingerprint density at radius 1 is 1.43 bits per heavy atom. The van der Waals surface area contributed by atoms with E-state index in [1.807, 2.05) is 11.4 Å². The molecule has 0 aromatic carbocycles. The van der Waals surface area contributed by atoms with Gasteiger partial charge in [-0.05, 0) is 28.8 Å². The smallest absolute Gasteiger partial charge is 0.306 e. The summed E-state index contributed by atoms with van der Waals surface area (Å²) < 4.78 is 5.15. The molecule has 1 saturated carbocycles. The van der Waals surface area contributed by atoms with Gasteiger partial charge in [0.05, 0.1) is 11.5 Å². The van der Waals surface area contributed by atoms with Gasteiger partial charge in [-0.15, -0.1) is 0 Å². The standard InChI is InChI=1S/C16H19N3O3S/c20-15(21)12-9-13(12)16(11-2-8-23-10-11,14-1-7-22-18-14)19-5-3-17-4-6-19/h1-2,7-8,10,12-13,17H,3-6,9H2,(H,20,21)/t12?,13-,16?/m1/s1. The summed E-state index contributed by atoms with van der Waals surface area (Å²) in [4.78, 5) is 14.0. The Bertz CT molecular complexity index is 631. The summed E-state index contributed by atoms with van der Waals surface area (Å²) in [7, 11) is 0. The van der Waals surface area contributed by atoms with Gasteiger partial charge in [-0.1, -0.05) is 5.16 Å². The molecule has 1 aliphatic heterocycles. The van der Waals surface area contributed by atoms with Gasteiger partial charge in [0.2, 0.25) is 0 Å². The van der Waals surface area contributed by atoms with E-state index in [0.717, 1.165) is 37.4 Å². The second kappa shape index (κ2) is 5.74. The van der Waals surface area contributed by atoms with Crippen molar-refractivity contribution in [1.82, 2.24) is 15.4 Å². The molecule has 122 valence electrons. The highest BCUT2D eigenvalue weighted by Crippen LogP contribution is 2.57. The fourth-order valence-corrected chi connectivity index (χ4v) is 4.68. The van der Waals surface area contributed by atoms with Crippen molar-refractivity contribution in [2.75, 3.05) is 26.2 Å². The Balaban J connectivity index is 1.85. The fraction of sp³-hybridized carbons (Fsp3) is 0.500. The average molecular weight is 333 g/mol. The molecule has 0 amide bonds. The second-order valence-electron chi connectivity index (χ2n) is 6.19. The summed E-state index contributed by atoms with van der Waals surface area (Å²) in [6.45, 7) is 3.53. The maximum Gasteiger partial charge on any atom is 0.306 e. The lowest BCUT2D eigenvalue weighted by molar-refractivity contribution is -0.139. The molecule has 23 heavy (non-hydrogen) atoms. The predicted octanol–water partition coefficient (Wildman–Crippen LogP) is 1.61. The van der Waals surface area contributed by atoms with Gasteiger partial charge in [0.25, 0.3) is 0 Å². The predicted molar refractivity (Wildman–Crippen MR) is 85.3 cm³/mol. The van der Waals surface area contributed by atoms with E-state index in [9.17, 15) is 9.90 Å². The lowest BCUT2D eigenvalue weighted by Crippen LogP contribution is -2.56. The van der Waals surface area contributed by atoms with Crippen LogP contribution in [0.2, 0.25) is 0 Å². The molecule has 2 fully saturated rings. The van der Waals surface area contributed by atoms with Crippen molar-refractivity contribution >= 4 is 17.3 Å². The van der Waals surface area contributed by atoms with Crippen LogP contribution in [0.3, 0.4) is 0 Å². The van der Waals surface area contributed by atoms with Crippen LogP contribution in [0.1, 0.15) is 17.7 Å². The third kappa shape index (κ3) is 2.31. The third-order valence-electron chi connectivity index (χ3n) is 5.05. The maximum absolute atomic E-state index is 11.6. The summed E-state index contributed by atoms with van der Waals surface area (Å²) >= 11 is 1.63. The molecule has 2 aromatic rings. The van der Waals surface area contributed by atoms with Crippen LogP contribution in [0.15, 0.2) is 33.7 Å². The number of carbonyl (C=O) groups is 1. The minimum Gasteiger partial charge on any atom is -0.481 e. The van der Waals surface area contributed by atoms with Crippen LogP contribution in [-0.2, 0) is 10.3 Å². The Hall–Kier alpha value is -1.70. The van der Waals surface area contributed by atoms with Gasteiger partial charge in [-0.3, -0.25) is 9.69 Å². The molecule has 2 N–H and O–H groups in total.